The predicted octanol–water partition coefficient (Wildman–Crippen LogP) is 6.41. The van der Waals surface area contributed by atoms with Gasteiger partial charge in [0.25, 0.3) is 10.0 Å². The van der Waals surface area contributed by atoms with Crippen molar-refractivity contribution in [3.05, 3.63) is 125 Å². The van der Waals surface area contributed by atoms with E-state index in [0.29, 0.717) is 11.4 Å². The van der Waals surface area contributed by atoms with Crippen molar-refractivity contribution in [2.75, 3.05) is 18.0 Å². The Kier molecular flexibility index (Phi) is 11.8. The number of aryl methyl sites for hydroxylation is 1. The number of carbonyl (C=O) groups excluding carboxylic acids is 2. The lowest BCUT2D eigenvalue weighted by molar-refractivity contribution is -0.140. The van der Waals surface area contributed by atoms with Crippen molar-refractivity contribution in [3.63, 3.8) is 0 Å². The second-order valence-electron chi connectivity index (χ2n) is 11.2. The molecule has 0 heterocycles. The van der Waals surface area contributed by atoms with E-state index in [2.05, 4.69) is 5.32 Å². The number of amides is 2. The van der Waals surface area contributed by atoms with Crippen LogP contribution in [0.25, 0.3) is 0 Å². The number of benzene rings is 4. The monoisotopic (exact) mass is 661 g/mol. The van der Waals surface area contributed by atoms with E-state index in [-0.39, 0.29) is 41.2 Å². The highest BCUT2D eigenvalue weighted by Gasteiger charge is 2.35. The molecule has 0 radical (unpaired) electrons. The molecule has 242 valence electrons. The molecule has 0 aliphatic carbocycles. The van der Waals surface area contributed by atoms with Gasteiger partial charge < -0.3 is 15.0 Å². The summed E-state index contributed by atoms with van der Waals surface area (Å²) in [5, 5.41) is 3.57. The lowest BCUT2D eigenvalue weighted by Crippen LogP contribution is -2.54. The highest BCUT2D eigenvalue weighted by atomic mass is 35.5. The first-order valence-corrected chi connectivity index (χ1v) is 17.0. The molecule has 0 saturated heterocycles. The van der Waals surface area contributed by atoms with Gasteiger partial charge >= 0.3 is 0 Å². The Morgan fingerprint density at radius 1 is 0.870 bits per heavy atom. The predicted molar refractivity (Wildman–Crippen MR) is 183 cm³/mol. The van der Waals surface area contributed by atoms with Crippen molar-refractivity contribution in [3.8, 4) is 5.75 Å². The first-order chi connectivity index (χ1) is 22.0. The fraction of sp³-hybridized carbons (Fsp3) is 0.278. The molecule has 4 aromatic rings. The average Bonchev–Trinajstić information content (AvgIpc) is 3.06. The summed E-state index contributed by atoms with van der Waals surface area (Å²) in [6.45, 7) is 5.21. The molecule has 0 aromatic heterocycles. The molecule has 0 spiro atoms. The molecule has 46 heavy (non-hydrogen) atoms. The number of hydrogen-bond acceptors (Lipinski definition) is 5. The first kappa shape index (κ1) is 34.5. The third-order valence-corrected chi connectivity index (χ3v) is 9.81. The van der Waals surface area contributed by atoms with Crippen molar-refractivity contribution in [2.45, 2.75) is 57.1 Å². The number of para-hydroxylation sites is 2. The summed E-state index contributed by atoms with van der Waals surface area (Å²) < 4.78 is 35.1. The molecule has 0 bridgehead atoms. The van der Waals surface area contributed by atoms with Crippen LogP contribution in [0.3, 0.4) is 0 Å². The number of nitrogens with zero attached hydrogens (tertiary/aromatic N) is 2. The summed E-state index contributed by atoms with van der Waals surface area (Å²) in [4.78, 5) is 30.0. The van der Waals surface area contributed by atoms with Crippen molar-refractivity contribution in [2.24, 2.45) is 0 Å². The zero-order valence-corrected chi connectivity index (χ0v) is 28.1. The Hall–Kier alpha value is -4.34. The molecule has 0 aliphatic heterocycles. The number of rotatable bonds is 14. The van der Waals surface area contributed by atoms with Crippen LogP contribution in [0.2, 0.25) is 5.02 Å². The first-order valence-electron chi connectivity index (χ1n) is 15.1. The van der Waals surface area contributed by atoms with Crippen LogP contribution in [0.15, 0.2) is 108 Å². The lowest BCUT2D eigenvalue weighted by Gasteiger charge is -2.34. The van der Waals surface area contributed by atoms with Crippen LogP contribution in [0, 0.1) is 6.92 Å². The van der Waals surface area contributed by atoms with Gasteiger partial charge in [0.2, 0.25) is 11.8 Å². The van der Waals surface area contributed by atoms with Crippen LogP contribution in [0.5, 0.6) is 5.75 Å². The standard InChI is InChI=1S/C36H40ClN3O5S/c1-5-27(3)38-36(42)33(23-28-11-7-6-8-12-28)39(24-29-17-19-30(37)20-18-29)35(41)25-40(32-13-9-10-14-34(32)45-4)46(43,44)31-21-15-26(2)16-22-31/h6-22,27,33H,5,23-25H2,1-4H3,(H,38,42). The Balaban J connectivity index is 1.83. The fourth-order valence-corrected chi connectivity index (χ4v) is 6.52. The summed E-state index contributed by atoms with van der Waals surface area (Å²) in [5.41, 5.74) is 2.69. The molecule has 1 N–H and O–H groups in total. The number of ether oxygens (including phenoxy) is 1. The number of methoxy groups -OCH3 is 1. The normalized spacial score (nSPS) is 12.5. The van der Waals surface area contributed by atoms with Gasteiger partial charge in [-0.1, -0.05) is 90.8 Å². The Morgan fingerprint density at radius 3 is 2.13 bits per heavy atom. The lowest BCUT2D eigenvalue weighted by atomic mass is 10.0. The van der Waals surface area contributed by atoms with Crippen LogP contribution < -0.4 is 14.4 Å². The summed E-state index contributed by atoms with van der Waals surface area (Å²) >= 11 is 6.16. The number of nitrogens with one attached hydrogen (secondary N) is 1. The summed E-state index contributed by atoms with van der Waals surface area (Å²) in [6.07, 6.45) is 0.924. The van der Waals surface area contributed by atoms with E-state index in [1.807, 2.05) is 51.1 Å². The smallest absolute Gasteiger partial charge is 0.264 e. The fourth-order valence-electron chi connectivity index (χ4n) is 4.97. The SMILES string of the molecule is CCC(C)NC(=O)C(Cc1ccccc1)N(Cc1ccc(Cl)cc1)C(=O)CN(c1ccccc1OC)S(=O)(=O)c1ccc(C)cc1. The minimum Gasteiger partial charge on any atom is -0.495 e. The molecule has 0 aliphatic rings. The molecule has 4 rings (SSSR count). The maximum atomic E-state index is 14.6. The zero-order chi connectivity index (χ0) is 33.3. The molecule has 0 saturated carbocycles. The summed E-state index contributed by atoms with van der Waals surface area (Å²) in [6, 6.07) is 28.5. The van der Waals surface area contributed by atoms with Gasteiger partial charge in [-0.15, -0.1) is 0 Å². The van der Waals surface area contributed by atoms with Gasteiger partial charge in [0.1, 0.15) is 18.3 Å². The second kappa shape index (κ2) is 15.8. The Morgan fingerprint density at radius 2 is 1.50 bits per heavy atom. The van der Waals surface area contributed by atoms with Crippen molar-refractivity contribution < 1.29 is 22.7 Å². The maximum absolute atomic E-state index is 14.6. The molecule has 4 aromatic carbocycles. The van der Waals surface area contributed by atoms with Gasteiger partial charge in [-0.05, 0) is 67.8 Å². The summed E-state index contributed by atoms with van der Waals surface area (Å²) in [5.74, 6) is -0.604. The average molecular weight is 662 g/mol. The number of sulfonamides is 1. The van der Waals surface area contributed by atoms with Gasteiger partial charge in [-0.2, -0.15) is 0 Å². The minimum atomic E-state index is -4.25. The van der Waals surface area contributed by atoms with E-state index >= 15 is 0 Å². The maximum Gasteiger partial charge on any atom is 0.264 e. The number of anilines is 1. The number of halogens is 1. The Bertz CT molecular complexity index is 1720. The van der Waals surface area contributed by atoms with Crippen molar-refractivity contribution >= 4 is 39.1 Å². The highest BCUT2D eigenvalue weighted by Crippen LogP contribution is 2.33. The van der Waals surface area contributed by atoms with E-state index in [4.69, 9.17) is 16.3 Å². The van der Waals surface area contributed by atoms with Gasteiger partial charge in [0.15, 0.2) is 0 Å². The third kappa shape index (κ3) is 8.68. The van der Waals surface area contributed by atoms with E-state index in [1.54, 1.807) is 60.7 Å². The van der Waals surface area contributed by atoms with Gasteiger partial charge in [0, 0.05) is 24.0 Å². The molecule has 2 amide bonds. The van der Waals surface area contributed by atoms with Crippen molar-refractivity contribution in [1.82, 2.24) is 10.2 Å². The zero-order valence-electron chi connectivity index (χ0n) is 26.5. The molecule has 2 unspecified atom stereocenters. The number of carbonyl (C=O) groups is 2. The van der Waals surface area contributed by atoms with Crippen LogP contribution in [-0.2, 0) is 32.6 Å². The minimum absolute atomic E-state index is 0.0245. The quantitative estimate of drug-likeness (QED) is 0.169. The highest BCUT2D eigenvalue weighted by molar-refractivity contribution is 7.92. The van der Waals surface area contributed by atoms with Crippen LogP contribution in [-0.4, -0.2) is 50.9 Å². The molecular weight excluding hydrogens is 622 g/mol. The Labute approximate surface area is 277 Å². The van der Waals surface area contributed by atoms with E-state index < -0.39 is 28.5 Å². The molecule has 10 heteroatoms. The second-order valence-corrected chi connectivity index (χ2v) is 13.5. The van der Waals surface area contributed by atoms with E-state index in [9.17, 15) is 18.0 Å². The van der Waals surface area contributed by atoms with Crippen LogP contribution in [0.4, 0.5) is 5.69 Å². The molecule has 2 atom stereocenters. The van der Waals surface area contributed by atoms with E-state index in [1.165, 1.54) is 24.1 Å². The van der Waals surface area contributed by atoms with Crippen LogP contribution in [0.1, 0.15) is 37.0 Å². The molecule has 8 nitrogen and oxygen atoms in total. The molecular formula is C36H40ClN3O5S. The molecule has 0 fully saturated rings. The van der Waals surface area contributed by atoms with Crippen LogP contribution >= 0.6 is 11.6 Å². The summed E-state index contributed by atoms with van der Waals surface area (Å²) in [7, 11) is -2.81. The third-order valence-electron chi connectivity index (χ3n) is 7.78. The van der Waals surface area contributed by atoms with Gasteiger partial charge in [0.05, 0.1) is 17.7 Å². The van der Waals surface area contributed by atoms with E-state index in [0.717, 1.165) is 21.0 Å². The van der Waals surface area contributed by atoms with Gasteiger partial charge in [-0.25, -0.2) is 8.42 Å². The van der Waals surface area contributed by atoms with Crippen molar-refractivity contribution in [1.29, 1.82) is 0 Å². The largest absolute Gasteiger partial charge is 0.495 e. The number of hydrogen-bond donors (Lipinski definition) is 1. The topological polar surface area (TPSA) is 96.0 Å². The van der Waals surface area contributed by atoms with Gasteiger partial charge in [-0.3, -0.25) is 13.9 Å².